The van der Waals surface area contributed by atoms with E-state index in [9.17, 15) is 4.79 Å². The average Bonchev–Trinajstić information content (AvgIpc) is 3.19. The molecule has 6 heteroatoms. The second-order valence-electron chi connectivity index (χ2n) is 5.79. The summed E-state index contributed by atoms with van der Waals surface area (Å²) in [6, 6.07) is 4.21. The summed E-state index contributed by atoms with van der Waals surface area (Å²) in [7, 11) is 0. The Hall–Kier alpha value is -1.92. The van der Waals surface area contributed by atoms with Crippen LogP contribution in [0.25, 0.3) is 6.08 Å². The van der Waals surface area contributed by atoms with Gasteiger partial charge in [-0.3, -0.25) is 15.0 Å². The number of nitrogens with one attached hydrogen (secondary N) is 1. The molecular formula is C17H21N3O2S. The zero-order valence-electron chi connectivity index (χ0n) is 13.2. The first kappa shape index (κ1) is 16.0. The van der Waals surface area contributed by atoms with Crippen LogP contribution in [0.15, 0.2) is 35.1 Å². The summed E-state index contributed by atoms with van der Waals surface area (Å²) in [4.78, 5) is 19.8. The molecule has 1 atom stereocenters. The predicted octanol–water partition coefficient (Wildman–Crippen LogP) is 3.76. The number of carbonyl (C=O) groups is 1. The molecule has 5 nitrogen and oxygen atoms in total. The molecular weight excluding hydrogens is 310 g/mol. The zero-order valence-corrected chi connectivity index (χ0v) is 14.0. The van der Waals surface area contributed by atoms with Crippen LogP contribution >= 0.6 is 11.3 Å². The van der Waals surface area contributed by atoms with Crippen molar-refractivity contribution in [1.29, 1.82) is 0 Å². The maximum atomic E-state index is 11.9. The molecule has 1 unspecified atom stereocenters. The predicted molar refractivity (Wildman–Crippen MR) is 92.2 cm³/mol. The second-order valence-corrected chi connectivity index (χ2v) is 6.90. The molecule has 0 bridgehead atoms. The van der Waals surface area contributed by atoms with Gasteiger partial charge in [0.25, 0.3) is 0 Å². The second kappa shape index (κ2) is 7.57. The van der Waals surface area contributed by atoms with Gasteiger partial charge in [-0.25, -0.2) is 4.98 Å². The summed E-state index contributed by atoms with van der Waals surface area (Å²) in [6.07, 6.45) is 10.4. The number of aromatic nitrogens is 1. The fraction of sp³-hybridized carbons (Fsp3) is 0.412. The molecule has 2 aromatic rings. The molecule has 3 heterocycles. The van der Waals surface area contributed by atoms with E-state index in [-0.39, 0.29) is 5.91 Å². The smallest absolute Gasteiger partial charge is 0.250 e. The minimum absolute atomic E-state index is 0.200. The van der Waals surface area contributed by atoms with Crippen LogP contribution in [0.2, 0.25) is 0 Å². The highest BCUT2D eigenvalue weighted by atomic mass is 32.1. The summed E-state index contributed by atoms with van der Waals surface area (Å²) in [5.41, 5.74) is 0. The number of hydrogen-bond acceptors (Lipinski definition) is 5. The number of anilines is 1. The molecule has 0 aliphatic carbocycles. The number of amides is 1. The van der Waals surface area contributed by atoms with Crippen LogP contribution in [0.5, 0.6) is 0 Å². The maximum Gasteiger partial charge on any atom is 0.250 e. The van der Waals surface area contributed by atoms with E-state index in [1.54, 1.807) is 24.5 Å². The van der Waals surface area contributed by atoms with Crippen LogP contribution in [0.4, 0.5) is 5.13 Å². The molecule has 3 rings (SSSR count). The Bertz CT molecular complexity index is 663. The molecule has 1 aliphatic rings. The standard InChI is InChI=1S/C17H21N3O2S/c1-13-5-2-3-9-20(13)12-15-11-18-17(23-15)19-16(21)8-7-14-6-4-10-22-14/h4,6-8,10-11,13H,2-3,5,9,12H2,1H3,(H,18,19,21)/b8-7+. The molecule has 0 saturated carbocycles. The largest absolute Gasteiger partial charge is 0.465 e. The zero-order chi connectivity index (χ0) is 16.1. The van der Waals surface area contributed by atoms with Gasteiger partial charge in [0.1, 0.15) is 5.76 Å². The van der Waals surface area contributed by atoms with Crippen molar-refractivity contribution in [2.75, 3.05) is 11.9 Å². The molecule has 23 heavy (non-hydrogen) atoms. The van der Waals surface area contributed by atoms with Gasteiger partial charge in [0.2, 0.25) is 5.91 Å². The summed E-state index contributed by atoms with van der Waals surface area (Å²) in [6.45, 7) is 4.34. The lowest BCUT2D eigenvalue weighted by Crippen LogP contribution is -2.36. The van der Waals surface area contributed by atoms with Crippen LogP contribution in [-0.4, -0.2) is 28.4 Å². The lowest BCUT2D eigenvalue weighted by Gasteiger charge is -2.32. The number of piperidine rings is 1. The molecule has 0 aromatic carbocycles. The summed E-state index contributed by atoms with van der Waals surface area (Å²) >= 11 is 1.54. The normalized spacial score (nSPS) is 19.3. The summed E-state index contributed by atoms with van der Waals surface area (Å²) in [5, 5.41) is 3.43. The minimum Gasteiger partial charge on any atom is -0.465 e. The lowest BCUT2D eigenvalue weighted by molar-refractivity contribution is -0.111. The Kier molecular flexibility index (Phi) is 5.25. The minimum atomic E-state index is -0.200. The average molecular weight is 331 g/mol. The topological polar surface area (TPSA) is 58.4 Å². The molecule has 0 radical (unpaired) electrons. The van der Waals surface area contributed by atoms with Gasteiger partial charge >= 0.3 is 0 Å². The third-order valence-electron chi connectivity index (χ3n) is 4.03. The highest BCUT2D eigenvalue weighted by Gasteiger charge is 2.19. The first-order valence-electron chi connectivity index (χ1n) is 7.92. The van der Waals surface area contributed by atoms with Crippen LogP contribution in [-0.2, 0) is 11.3 Å². The molecule has 122 valence electrons. The van der Waals surface area contributed by atoms with E-state index < -0.39 is 0 Å². The highest BCUT2D eigenvalue weighted by molar-refractivity contribution is 7.15. The van der Waals surface area contributed by atoms with Crippen molar-refractivity contribution in [3.8, 4) is 0 Å². The van der Waals surface area contributed by atoms with Crippen molar-refractivity contribution in [2.24, 2.45) is 0 Å². The van der Waals surface area contributed by atoms with E-state index >= 15 is 0 Å². The third kappa shape index (κ3) is 4.53. The molecule has 1 fully saturated rings. The Labute approximate surface area is 140 Å². The monoisotopic (exact) mass is 331 g/mol. The van der Waals surface area contributed by atoms with E-state index in [1.807, 2.05) is 6.20 Å². The third-order valence-corrected chi connectivity index (χ3v) is 4.92. The van der Waals surface area contributed by atoms with Gasteiger partial charge in [-0.15, -0.1) is 11.3 Å². The van der Waals surface area contributed by atoms with E-state index in [0.717, 1.165) is 13.1 Å². The molecule has 1 aliphatic heterocycles. The number of likely N-dealkylation sites (tertiary alicyclic amines) is 1. The van der Waals surface area contributed by atoms with Crippen LogP contribution < -0.4 is 5.32 Å². The fourth-order valence-corrected chi connectivity index (χ4v) is 3.56. The van der Waals surface area contributed by atoms with Crippen molar-refractivity contribution in [3.05, 3.63) is 41.3 Å². The van der Waals surface area contributed by atoms with E-state index in [1.165, 1.54) is 41.6 Å². The molecule has 1 saturated heterocycles. The first-order valence-corrected chi connectivity index (χ1v) is 8.74. The fourth-order valence-electron chi connectivity index (χ4n) is 2.72. The molecule has 2 aromatic heterocycles. The van der Waals surface area contributed by atoms with Gasteiger partial charge in [-0.2, -0.15) is 0 Å². The van der Waals surface area contributed by atoms with Gasteiger partial charge < -0.3 is 4.42 Å². The maximum absolute atomic E-state index is 11.9. The van der Waals surface area contributed by atoms with E-state index in [2.05, 4.69) is 22.1 Å². The SMILES string of the molecule is CC1CCCCN1Cc1cnc(NC(=O)/C=C/c2ccco2)s1. The van der Waals surface area contributed by atoms with Crippen molar-refractivity contribution in [2.45, 2.75) is 38.8 Å². The first-order chi connectivity index (χ1) is 11.2. The number of carbonyl (C=O) groups excluding carboxylic acids is 1. The van der Waals surface area contributed by atoms with Crippen LogP contribution in [0.3, 0.4) is 0 Å². The Morgan fingerprint density at radius 3 is 3.26 bits per heavy atom. The van der Waals surface area contributed by atoms with Crippen molar-refractivity contribution in [1.82, 2.24) is 9.88 Å². The number of hydrogen-bond donors (Lipinski definition) is 1. The number of furan rings is 1. The van der Waals surface area contributed by atoms with E-state index in [0.29, 0.717) is 16.9 Å². The Balaban J connectivity index is 1.53. The summed E-state index contributed by atoms with van der Waals surface area (Å²) in [5.74, 6) is 0.452. The molecule has 0 spiro atoms. The van der Waals surface area contributed by atoms with Gasteiger partial charge in [-0.05, 0) is 44.5 Å². The van der Waals surface area contributed by atoms with Crippen molar-refractivity contribution in [3.63, 3.8) is 0 Å². The quantitative estimate of drug-likeness (QED) is 0.848. The summed E-state index contributed by atoms with van der Waals surface area (Å²) < 4.78 is 5.15. The van der Waals surface area contributed by atoms with Gasteiger partial charge in [0, 0.05) is 29.7 Å². The van der Waals surface area contributed by atoms with Crippen molar-refractivity contribution >= 4 is 28.5 Å². The Morgan fingerprint density at radius 1 is 1.57 bits per heavy atom. The molecule has 1 amide bonds. The lowest BCUT2D eigenvalue weighted by atomic mass is 10.0. The van der Waals surface area contributed by atoms with Crippen LogP contribution in [0.1, 0.15) is 36.8 Å². The van der Waals surface area contributed by atoms with Crippen molar-refractivity contribution < 1.29 is 9.21 Å². The van der Waals surface area contributed by atoms with Gasteiger partial charge in [0.05, 0.1) is 6.26 Å². The van der Waals surface area contributed by atoms with E-state index in [4.69, 9.17) is 4.42 Å². The number of rotatable bonds is 5. The van der Waals surface area contributed by atoms with Gasteiger partial charge in [0.15, 0.2) is 5.13 Å². The number of nitrogens with zero attached hydrogens (tertiary/aromatic N) is 2. The number of thiazole rings is 1. The van der Waals surface area contributed by atoms with Gasteiger partial charge in [-0.1, -0.05) is 6.42 Å². The highest BCUT2D eigenvalue weighted by Crippen LogP contribution is 2.24. The van der Waals surface area contributed by atoms with Crippen LogP contribution in [0, 0.1) is 0 Å². The molecule has 1 N–H and O–H groups in total. The Morgan fingerprint density at radius 2 is 2.48 bits per heavy atom.